The van der Waals surface area contributed by atoms with Crippen LogP contribution in [0.5, 0.6) is 5.88 Å². The lowest BCUT2D eigenvalue weighted by Gasteiger charge is -2.05. The highest BCUT2D eigenvalue weighted by atomic mass is 16.5. The first kappa shape index (κ1) is 9.70. The number of aromatic nitrogens is 4. The Balaban J connectivity index is 2.65. The Kier molecular flexibility index (Phi) is 2.40. The molecule has 0 amide bonds. The fraction of sp³-hybridized carbons (Fsp3) is 0.444. The van der Waals surface area contributed by atoms with Gasteiger partial charge in [-0.3, -0.25) is 0 Å². The molecule has 2 aromatic heterocycles. The van der Waals surface area contributed by atoms with Crippen molar-refractivity contribution >= 4 is 17.1 Å². The highest BCUT2D eigenvalue weighted by molar-refractivity contribution is 5.77. The lowest BCUT2D eigenvalue weighted by molar-refractivity contribution is 0.330. The van der Waals surface area contributed by atoms with Crippen LogP contribution in [0.3, 0.4) is 0 Å². The molecule has 80 valence electrons. The highest BCUT2D eigenvalue weighted by Gasteiger charge is 2.11. The van der Waals surface area contributed by atoms with E-state index in [1.807, 2.05) is 18.5 Å². The number of imidazole rings is 1. The third kappa shape index (κ3) is 1.58. The molecule has 6 heteroatoms. The van der Waals surface area contributed by atoms with Crippen LogP contribution in [0.4, 0.5) is 5.95 Å². The summed E-state index contributed by atoms with van der Waals surface area (Å²) >= 11 is 0. The molecule has 15 heavy (non-hydrogen) atoms. The van der Waals surface area contributed by atoms with Gasteiger partial charge in [0.25, 0.3) is 0 Å². The van der Waals surface area contributed by atoms with Crippen LogP contribution >= 0.6 is 0 Å². The first-order valence-corrected chi connectivity index (χ1v) is 4.76. The monoisotopic (exact) mass is 207 g/mol. The molecule has 0 saturated heterocycles. The van der Waals surface area contributed by atoms with E-state index in [9.17, 15) is 0 Å². The van der Waals surface area contributed by atoms with Gasteiger partial charge in [-0.15, -0.1) is 0 Å². The largest absolute Gasteiger partial charge is 0.476 e. The first-order valence-electron chi connectivity index (χ1n) is 4.76. The molecule has 2 aromatic rings. The number of anilines is 1. The van der Waals surface area contributed by atoms with Crippen LogP contribution in [0.2, 0.25) is 0 Å². The number of aryl methyl sites for hydroxylation is 1. The van der Waals surface area contributed by atoms with Crippen LogP contribution in [0.25, 0.3) is 11.2 Å². The minimum Gasteiger partial charge on any atom is -0.476 e. The maximum absolute atomic E-state index is 5.41. The number of fused-ring (bicyclic) bond motifs is 1. The minimum absolute atomic E-state index is 0.521. The van der Waals surface area contributed by atoms with Crippen molar-refractivity contribution in [3.8, 4) is 5.88 Å². The summed E-state index contributed by atoms with van der Waals surface area (Å²) in [5.74, 6) is 1.06. The predicted octanol–water partition coefficient (Wildman–Crippen LogP) is 0.804. The summed E-state index contributed by atoms with van der Waals surface area (Å²) in [5, 5.41) is 2.89. The lowest BCUT2D eigenvalue weighted by Crippen LogP contribution is -2.02. The fourth-order valence-corrected chi connectivity index (χ4v) is 1.33. The number of hydrogen-bond donors (Lipinski definition) is 1. The van der Waals surface area contributed by atoms with E-state index in [2.05, 4.69) is 20.3 Å². The van der Waals surface area contributed by atoms with E-state index in [0.29, 0.717) is 24.0 Å². The SMILES string of the molecule is CCOc1nc(NC)nc2c1ncn2C. The van der Waals surface area contributed by atoms with E-state index in [0.717, 1.165) is 5.65 Å². The van der Waals surface area contributed by atoms with Gasteiger partial charge in [0.05, 0.1) is 12.9 Å². The maximum Gasteiger partial charge on any atom is 0.247 e. The maximum atomic E-state index is 5.41. The molecule has 1 N–H and O–H groups in total. The summed E-state index contributed by atoms with van der Waals surface area (Å²) in [6, 6.07) is 0. The Bertz CT molecular complexity index is 479. The van der Waals surface area contributed by atoms with Gasteiger partial charge in [0.1, 0.15) is 0 Å². The summed E-state index contributed by atoms with van der Waals surface area (Å²) < 4.78 is 7.24. The van der Waals surface area contributed by atoms with Crippen LogP contribution in [0.1, 0.15) is 6.92 Å². The Morgan fingerprint density at radius 3 is 2.93 bits per heavy atom. The highest BCUT2D eigenvalue weighted by Crippen LogP contribution is 2.21. The Hall–Kier alpha value is -1.85. The van der Waals surface area contributed by atoms with Crippen LogP contribution in [0.15, 0.2) is 6.33 Å². The molecule has 2 rings (SSSR count). The third-order valence-electron chi connectivity index (χ3n) is 2.03. The molecule has 0 aliphatic carbocycles. The summed E-state index contributed by atoms with van der Waals surface area (Å²) in [4.78, 5) is 12.7. The molecule has 6 nitrogen and oxygen atoms in total. The zero-order valence-corrected chi connectivity index (χ0v) is 8.98. The van der Waals surface area contributed by atoms with Gasteiger partial charge in [-0.25, -0.2) is 4.98 Å². The van der Waals surface area contributed by atoms with Crippen LogP contribution in [0, 0.1) is 0 Å². The van der Waals surface area contributed by atoms with Crippen molar-refractivity contribution < 1.29 is 4.74 Å². The topological polar surface area (TPSA) is 64.9 Å². The summed E-state index contributed by atoms with van der Waals surface area (Å²) in [6.07, 6.45) is 1.70. The Labute approximate surface area is 87.3 Å². The van der Waals surface area contributed by atoms with Gasteiger partial charge < -0.3 is 14.6 Å². The zero-order valence-electron chi connectivity index (χ0n) is 8.98. The first-order chi connectivity index (χ1) is 7.26. The van der Waals surface area contributed by atoms with E-state index in [1.54, 1.807) is 13.4 Å². The molecular formula is C9H13N5O. The normalized spacial score (nSPS) is 10.6. The Morgan fingerprint density at radius 2 is 2.27 bits per heavy atom. The number of hydrogen-bond acceptors (Lipinski definition) is 5. The molecule has 0 aliphatic heterocycles. The molecule has 0 spiro atoms. The van der Waals surface area contributed by atoms with E-state index < -0.39 is 0 Å². The molecule has 0 bridgehead atoms. The summed E-state index contributed by atoms with van der Waals surface area (Å²) in [7, 11) is 3.66. The number of nitrogens with zero attached hydrogens (tertiary/aromatic N) is 4. The van der Waals surface area contributed by atoms with Crippen molar-refractivity contribution in [2.24, 2.45) is 7.05 Å². The fourth-order valence-electron chi connectivity index (χ4n) is 1.33. The number of ether oxygens (including phenoxy) is 1. The van der Waals surface area contributed by atoms with Gasteiger partial charge in [-0.05, 0) is 6.92 Å². The smallest absolute Gasteiger partial charge is 0.247 e. The summed E-state index contributed by atoms with van der Waals surface area (Å²) in [6.45, 7) is 2.47. The van der Waals surface area contributed by atoms with Crippen molar-refractivity contribution in [1.29, 1.82) is 0 Å². The standard InChI is InChI=1S/C9H13N5O/c1-4-15-8-6-7(14(3)5-11-6)12-9(10-2)13-8/h5H,4H2,1-3H3,(H,10,12,13). The Morgan fingerprint density at radius 1 is 1.47 bits per heavy atom. The van der Waals surface area contributed by atoms with E-state index in [-0.39, 0.29) is 0 Å². The van der Waals surface area contributed by atoms with E-state index in [4.69, 9.17) is 4.74 Å². The quantitative estimate of drug-likeness (QED) is 0.806. The minimum atomic E-state index is 0.521. The average Bonchev–Trinajstić information content (AvgIpc) is 2.61. The molecule has 0 atom stereocenters. The second-order valence-electron chi connectivity index (χ2n) is 3.06. The van der Waals surface area contributed by atoms with Gasteiger partial charge in [-0.1, -0.05) is 0 Å². The van der Waals surface area contributed by atoms with E-state index >= 15 is 0 Å². The van der Waals surface area contributed by atoms with Crippen molar-refractivity contribution in [3.05, 3.63) is 6.33 Å². The van der Waals surface area contributed by atoms with Crippen LogP contribution in [-0.2, 0) is 7.05 Å². The van der Waals surface area contributed by atoms with Crippen molar-refractivity contribution in [2.45, 2.75) is 6.92 Å². The number of rotatable bonds is 3. The van der Waals surface area contributed by atoms with Gasteiger partial charge >= 0.3 is 0 Å². The number of nitrogens with one attached hydrogen (secondary N) is 1. The molecule has 0 unspecified atom stereocenters. The van der Waals surface area contributed by atoms with Gasteiger partial charge in [0, 0.05) is 14.1 Å². The molecule has 0 fully saturated rings. The molecule has 2 heterocycles. The second-order valence-corrected chi connectivity index (χ2v) is 3.06. The summed E-state index contributed by atoms with van der Waals surface area (Å²) in [5.41, 5.74) is 1.45. The second kappa shape index (κ2) is 3.72. The van der Waals surface area contributed by atoms with Gasteiger partial charge in [0.15, 0.2) is 11.2 Å². The van der Waals surface area contributed by atoms with Gasteiger partial charge in [-0.2, -0.15) is 9.97 Å². The third-order valence-corrected chi connectivity index (χ3v) is 2.03. The van der Waals surface area contributed by atoms with Crippen LogP contribution < -0.4 is 10.1 Å². The molecule has 0 aliphatic rings. The molecule has 0 saturated carbocycles. The average molecular weight is 207 g/mol. The van der Waals surface area contributed by atoms with Crippen molar-refractivity contribution in [2.75, 3.05) is 19.0 Å². The van der Waals surface area contributed by atoms with Crippen LogP contribution in [-0.4, -0.2) is 33.2 Å². The van der Waals surface area contributed by atoms with Gasteiger partial charge in [0.2, 0.25) is 11.8 Å². The molecule has 0 aromatic carbocycles. The zero-order chi connectivity index (χ0) is 10.8. The van der Waals surface area contributed by atoms with E-state index in [1.165, 1.54) is 0 Å². The molecular weight excluding hydrogens is 194 g/mol. The predicted molar refractivity (Wildman–Crippen MR) is 57.0 cm³/mol. The molecule has 0 radical (unpaired) electrons. The van der Waals surface area contributed by atoms with Crippen molar-refractivity contribution in [1.82, 2.24) is 19.5 Å². The van der Waals surface area contributed by atoms with Crippen molar-refractivity contribution in [3.63, 3.8) is 0 Å². The lowest BCUT2D eigenvalue weighted by atomic mass is 10.5.